The van der Waals surface area contributed by atoms with Crippen LogP contribution in [0.15, 0.2) is 0 Å². The van der Waals surface area contributed by atoms with Gasteiger partial charge in [-0.3, -0.25) is 10.2 Å². The van der Waals surface area contributed by atoms with Crippen LogP contribution in [0.25, 0.3) is 0 Å². The Morgan fingerprint density at radius 3 is 2.50 bits per heavy atom. The molecule has 0 aliphatic carbocycles. The minimum Gasteiger partial charge on any atom is -0.327 e. The molecule has 1 aromatic rings. The van der Waals surface area contributed by atoms with Gasteiger partial charge in [0.25, 0.3) is 0 Å². The van der Waals surface area contributed by atoms with Crippen LogP contribution in [-0.2, 0) is 7.05 Å². The van der Waals surface area contributed by atoms with E-state index in [0.29, 0.717) is 5.82 Å². The molecule has 5 nitrogen and oxygen atoms in total. The van der Waals surface area contributed by atoms with E-state index in [1.54, 1.807) is 11.6 Å². The van der Waals surface area contributed by atoms with Crippen molar-refractivity contribution in [3.8, 4) is 0 Å². The third-order valence-electron chi connectivity index (χ3n) is 1.95. The van der Waals surface area contributed by atoms with Crippen LogP contribution >= 0.6 is 0 Å². The van der Waals surface area contributed by atoms with E-state index in [-0.39, 0.29) is 5.91 Å². The van der Waals surface area contributed by atoms with Gasteiger partial charge in [-0.15, -0.1) is 0 Å². The molecule has 0 atom stereocenters. The van der Waals surface area contributed by atoms with Crippen molar-refractivity contribution in [1.82, 2.24) is 15.0 Å². The molecular weight excluding hydrogens is 156 g/mol. The van der Waals surface area contributed by atoms with Gasteiger partial charge in [-0.1, -0.05) is 0 Å². The standard InChI is InChI=1S/C7H12N4O/c1-4-5(2)11(3)6(9-4)7(12)10-8/h8H2,1-3H3,(H,10,12). The number of nitrogens with zero attached hydrogens (tertiary/aromatic N) is 2. The third kappa shape index (κ3) is 1.18. The average molecular weight is 168 g/mol. The van der Waals surface area contributed by atoms with E-state index >= 15 is 0 Å². The Kier molecular flexibility index (Phi) is 2.14. The minimum atomic E-state index is -0.367. The molecule has 1 heterocycles. The van der Waals surface area contributed by atoms with E-state index in [0.717, 1.165) is 11.4 Å². The Bertz CT molecular complexity index is 315. The highest BCUT2D eigenvalue weighted by molar-refractivity contribution is 5.90. The molecule has 0 aliphatic rings. The zero-order valence-electron chi connectivity index (χ0n) is 7.38. The molecule has 0 fully saturated rings. The van der Waals surface area contributed by atoms with E-state index in [1.165, 1.54) is 0 Å². The Morgan fingerprint density at radius 1 is 1.58 bits per heavy atom. The zero-order valence-corrected chi connectivity index (χ0v) is 7.38. The zero-order chi connectivity index (χ0) is 9.30. The van der Waals surface area contributed by atoms with E-state index in [4.69, 9.17) is 5.84 Å². The van der Waals surface area contributed by atoms with Crippen LogP contribution in [0.2, 0.25) is 0 Å². The maximum atomic E-state index is 11.1. The smallest absolute Gasteiger partial charge is 0.301 e. The number of carbonyl (C=O) groups is 1. The number of hydrazine groups is 1. The highest BCUT2D eigenvalue weighted by Gasteiger charge is 2.13. The number of nitrogen functional groups attached to an aromatic ring is 1. The summed E-state index contributed by atoms with van der Waals surface area (Å²) in [6, 6.07) is 0. The maximum Gasteiger partial charge on any atom is 0.301 e. The van der Waals surface area contributed by atoms with Gasteiger partial charge >= 0.3 is 5.91 Å². The van der Waals surface area contributed by atoms with E-state index in [1.807, 2.05) is 19.3 Å². The molecule has 5 heteroatoms. The van der Waals surface area contributed by atoms with Crippen molar-refractivity contribution in [3.63, 3.8) is 0 Å². The number of rotatable bonds is 1. The van der Waals surface area contributed by atoms with Crippen LogP contribution in [-0.4, -0.2) is 15.5 Å². The van der Waals surface area contributed by atoms with Gasteiger partial charge in [0, 0.05) is 12.7 Å². The van der Waals surface area contributed by atoms with Gasteiger partial charge in [0.2, 0.25) is 5.82 Å². The topological polar surface area (TPSA) is 72.9 Å². The molecule has 12 heavy (non-hydrogen) atoms. The Hall–Kier alpha value is -1.36. The summed E-state index contributed by atoms with van der Waals surface area (Å²) in [5.74, 6) is 4.95. The monoisotopic (exact) mass is 168 g/mol. The number of nitrogens with one attached hydrogen (secondary N) is 1. The normalized spacial score (nSPS) is 10.0. The summed E-state index contributed by atoms with van der Waals surface area (Å²) < 4.78 is 1.71. The SMILES string of the molecule is Cc1nc(C(=O)NN)n(C)c1C. The molecule has 1 rings (SSSR count). The molecule has 1 amide bonds. The second-order valence-corrected chi connectivity index (χ2v) is 2.64. The first kappa shape index (κ1) is 8.73. The lowest BCUT2D eigenvalue weighted by molar-refractivity contribution is 0.0940. The largest absolute Gasteiger partial charge is 0.327 e. The lowest BCUT2D eigenvalue weighted by Crippen LogP contribution is -2.32. The first-order valence-corrected chi connectivity index (χ1v) is 3.58. The maximum absolute atomic E-state index is 11.1. The number of aromatic nitrogens is 2. The number of hydrogen-bond acceptors (Lipinski definition) is 3. The number of amides is 1. The van der Waals surface area contributed by atoms with Gasteiger partial charge in [-0.05, 0) is 13.8 Å². The second-order valence-electron chi connectivity index (χ2n) is 2.64. The fraction of sp³-hybridized carbons (Fsp3) is 0.429. The summed E-state index contributed by atoms with van der Waals surface area (Å²) in [5.41, 5.74) is 3.85. The first-order valence-electron chi connectivity index (χ1n) is 3.58. The molecule has 66 valence electrons. The van der Waals surface area contributed by atoms with Crippen LogP contribution in [0.1, 0.15) is 22.0 Å². The molecule has 0 aliphatic heterocycles. The number of aryl methyl sites for hydroxylation is 1. The van der Waals surface area contributed by atoms with Gasteiger partial charge < -0.3 is 4.57 Å². The van der Waals surface area contributed by atoms with Gasteiger partial charge in [0.15, 0.2) is 0 Å². The molecule has 0 spiro atoms. The van der Waals surface area contributed by atoms with Gasteiger partial charge in [-0.25, -0.2) is 10.8 Å². The highest BCUT2D eigenvalue weighted by Crippen LogP contribution is 2.06. The fourth-order valence-corrected chi connectivity index (χ4v) is 0.984. The molecule has 0 unspecified atom stereocenters. The Labute approximate surface area is 70.6 Å². The molecule has 0 saturated heterocycles. The molecule has 0 saturated carbocycles. The molecule has 0 radical (unpaired) electrons. The van der Waals surface area contributed by atoms with Crippen molar-refractivity contribution in [1.29, 1.82) is 0 Å². The van der Waals surface area contributed by atoms with Crippen LogP contribution in [0.4, 0.5) is 0 Å². The van der Waals surface area contributed by atoms with Crippen LogP contribution in [0, 0.1) is 13.8 Å². The van der Waals surface area contributed by atoms with Crippen molar-refractivity contribution in [2.45, 2.75) is 13.8 Å². The summed E-state index contributed by atoms with van der Waals surface area (Å²) in [5, 5.41) is 0. The molecule has 3 N–H and O–H groups in total. The van der Waals surface area contributed by atoms with E-state index in [9.17, 15) is 4.79 Å². The van der Waals surface area contributed by atoms with Crippen LogP contribution in [0.5, 0.6) is 0 Å². The molecular formula is C7H12N4O. The summed E-state index contributed by atoms with van der Waals surface area (Å²) in [4.78, 5) is 15.1. The van der Waals surface area contributed by atoms with Crippen molar-refractivity contribution in [2.75, 3.05) is 0 Å². The molecule has 0 aromatic carbocycles. The van der Waals surface area contributed by atoms with E-state index in [2.05, 4.69) is 4.98 Å². The number of imidazole rings is 1. The molecule has 1 aromatic heterocycles. The minimum absolute atomic E-state index is 0.340. The summed E-state index contributed by atoms with van der Waals surface area (Å²) in [6.07, 6.45) is 0. The van der Waals surface area contributed by atoms with Gasteiger partial charge in [-0.2, -0.15) is 0 Å². The van der Waals surface area contributed by atoms with Gasteiger partial charge in [0.05, 0.1) is 5.69 Å². The first-order chi connectivity index (χ1) is 5.57. The summed E-state index contributed by atoms with van der Waals surface area (Å²) >= 11 is 0. The lowest BCUT2D eigenvalue weighted by Gasteiger charge is -1.99. The van der Waals surface area contributed by atoms with Crippen LogP contribution < -0.4 is 11.3 Å². The van der Waals surface area contributed by atoms with Gasteiger partial charge in [0.1, 0.15) is 0 Å². The number of hydrogen-bond donors (Lipinski definition) is 2. The number of carbonyl (C=O) groups excluding carboxylic acids is 1. The Balaban J connectivity index is 3.17. The predicted octanol–water partition coefficient (Wildman–Crippen LogP) is -0.360. The van der Waals surface area contributed by atoms with Crippen molar-refractivity contribution < 1.29 is 4.79 Å². The summed E-state index contributed by atoms with van der Waals surface area (Å²) in [6.45, 7) is 3.75. The third-order valence-corrected chi connectivity index (χ3v) is 1.95. The van der Waals surface area contributed by atoms with Crippen molar-refractivity contribution in [3.05, 3.63) is 17.2 Å². The van der Waals surface area contributed by atoms with Crippen molar-refractivity contribution >= 4 is 5.91 Å². The Morgan fingerprint density at radius 2 is 2.17 bits per heavy atom. The average Bonchev–Trinajstić information content (AvgIpc) is 2.32. The predicted molar refractivity (Wildman–Crippen MR) is 44.3 cm³/mol. The fourth-order valence-electron chi connectivity index (χ4n) is 0.984. The number of nitrogens with two attached hydrogens (primary N) is 1. The molecule has 0 bridgehead atoms. The highest BCUT2D eigenvalue weighted by atomic mass is 16.2. The quantitative estimate of drug-likeness (QED) is 0.341. The van der Waals surface area contributed by atoms with E-state index < -0.39 is 0 Å². The summed E-state index contributed by atoms with van der Waals surface area (Å²) in [7, 11) is 1.78. The van der Waals surface area contributed by atoms with Crippen LogP contribution in [0.3, 0.4) is 0 Å². The second kappa shape index (κ2) is 2.94. The van der Waals surface area contributed by atoms with Crippen molar-refractivity contribution in [2.24, 2.45) is 12.9 Å². The lowest BCUT2D eigenvalue weighted by atomic mass is 10.4.